The van der Waals surface area contributed by atoms with Gasteiger partial charge in [-0.1, -0.05) is 23.7 Å². The summed E-state index contributed by atoms with van der Waals surface area (Å²) in [6.45, 7) is 3.50. The molecule has 0 bridgehead atoms. The highest BCUT2D eigenvalue weighted by Gasteiger charge is 2.20. The van der Waals surface area contributed by atoms with Crippen molar-refractivity contribution in [2.24, 2.45) is 0 Å². The summed E-state index contributed by atoms with van der Waals surface area (Å²) in [5.41, 5.74) is 2.47. The van der Waals surface area contributed by atoms with Crippen LogP contribution in [-0.4, -0.2) is 26.7 Å². The molecule has 2 heterocycles. The summed E-state index contributed by atoms with van der Waals surface area (Å²) in [6.07, 6.45) is 1.99. The molecule has 0 aliphatic carbocycles. The van der Waals surface area contributed by atoms with E-state index in [-0.39, 0.29) is 5.91 Å². The second kappa shape index (κ2) is 8.12. The molecule has 2 aromatic carbocycles. The first-order valence-corrected chi connectivity index (χ1v) is 9.74. The molecule has 1 atom stereocenters. The number of halogens is 1. The highest BCUT2D eigenvalue weighted by atomic mass is 35.5. The van der Waals surface area contributed by atoms with Gasteiger partial charge in [-0.3, -0.25) is 4.79 Å². The van der Waals surface area contributed by atoms with Crippen LogP contribution in [0.2, 0.25) is 5.02 Å². The average Bonchev–Trinajstić information content (AvgIpc) is 3.06. The number of anilines is 1. The fraction of sp³-hybridized carbons (Fsp3) is 0.286. The molecule has 1 unspecified atom stereocenters. The topological polar surface area (TPSA) is 71.8 Å². The minimum atomic E-state index is -0.150. The fourth-order valence-corrected chi connectivity index (χ4v) is 3.55. The number of aromatic nitrogens is 3. The molecule has 0 saturated heterocycles. The molecule has 1 aliphatic rings. The quantitative estimate of drug-likeness (QED) is 0.692. The lowest BCUT2D eigenvalue weighted by atomic mass is 10.1. The number of carbonyl (C=O) groups excluding carboxylic acids is 1. The van der Waals surface area contributed by atoms with Gasteiger partial charge in [0, 0.05) is 35.3 Å². The van der Waals surface area contributed by atoms with E-state index in [0.717, 1.165) is 48.8 Å². The van der Waals surface area contributed by atoms with Crippen molar-refractivity contribution in [1.29, 1.82) is 0 Å². The number of carbonyl (C=O) groups is 1. The SMILES string of the molecule is Cc1nc2n(n1)CC(NCc1cccc(NC(=O)c3ccc(Cl)cc3)c1)CC2. The van der Waals surface area contributed by atoms with Gasteiger partial charge in [-0.05, 0) is 55.3 Å². The first-order chi connectivity index (χ1) is 13.6. The molecule has 4 rings (SSSR count). The first-order valence-electron chi connectivity index (χ1n) is 9.36. The summed E-state index contributed by atoms with van der Waals surface area (Å²) in [4.78, 5) is 16.8. The van der Waals surface area contributed by atoms with E-state index in [1.807, 2.05) is 29.8 Å². The predicted molar refractivity (Wildman–Crippen MR) is 110 cm³/mol. The zero-order valence-corrected chi connectivity index (χ0v) is 16.4. The van der Waals surface area contributed by atoms with Gasteiger partial charge >= 0.3 is 0 Å². The highest BCUT2D eigenvalue weighted by molar-refractivity contribution is 6.30. The van der Waals surface area contributed by atoms with Crippen LogP contribution in [0, 0.1) is 6.92 Å². The van der Waals surface area contributed by atoms with Crippen molar-refractivity contribution in [3.05, 3.63) is 76.3 Å². The third-order valence-electron chi connectivity index (χ3n) is 4.85. The maximum absolute atomic E-state index is 12.4. The number of rotatable bonds is 5. The van der Waals surface area contributed by atoms with Gasteiger partial charge in [-0.25, -0.2) is 9.67 Å². The molecule has 2 N–H and O–H groups in total. The zero-order chi connectivity index (χ0) is 19.5. The van der Waals surface area contributed by atoms with Gasteiger partial charge in [0.1, 0.15) is 11.6 Å². The standard InChI is InChI=1S/C21H22ClN5O/c1-14-24-20-10-9-19(13-27(20)26-14)23-12-15-3-2-4-18(11-15)25-21(28)16-5-7-17(22)8-6-16/h2-8,11,19,23H,9-10,12-13H2,1H3,(H,25,28). The van der Waals surface area contributed by atoms with Gasteiger partial charge in [0.25, 0.3) is 5.91 Å². The Balaban J connectivity index is 1.35. The van der Waals surface area contributed by atoms with Gasteiger partial charge in [0.2, 0.25) is 0 Å². The number of hydrogen-bond acceptors (Lipinski definition) is 4. The van der Waals surface area contributed by atoms with Crippen molar-refractivity contribution in [3.8, 4) is 0 Å². The smallest absolute Gasteiger partial charge is 0.255 e. The molecule has 0 saturated carbocycles. The van der Waals surface area contributed by atoms with E-state index in [4.69, 9.17) is 11.6 Å². The van der Waals surface area contributed by atoms with E-state index >= 15 is 0 Å². The van der Waals surface area contributed by atoms with Crippen molar-refractivity contribution < 1.29 is 4.79 Å². The second-order valence-corrected chi connectivity index (χ2v) is 7.47. The number of nitrogens with one attached hydrogen (secondary N) is 2. The van der Waals surface area contributed by atoms with Crippen LogP contribution in [-0.2, 0) is 19.5 Å². The lowest BCUT2D eigenvalue weighted by molar-refractivity contribution is 0.102. The van der Waals surface area contributed by atoms with Crippen LogP contribution in [0.4, 0.5) is 5.69 Å². The number of nitrogens with zero attached hydrogens (tertiary/aromatic N) is 3. The number of aryl methyl sites for hydroxylation is 2. The minimum Gasteiger partial charge on any atom is -0.322 e. The maximum Gasteiger partial charge on any atom is 0.255 e. The largest absolute Gasteiger partial charge is 0.322 e. The monoisotopic (exact) mass is 395 g/mol. The summed E-state index contributed by atoms with van der Waals surface area (Å²) >= 11 is 5.88. The Morgan fingerprint density at radius 3 is 2.89 bits per heavy atom. The number of benzene rings is 2. The van der Waals surface area contributed by atoms with Gasteiger partial charge in [0.05, 0.1) is 6.54 Å². The summed E-state index contributed by atoms with van der Waals surface area (Å²) in [5.74, 6) is 1.75. The zero-order valence-electron chi connectivity index (χ0n) is 15.7. The molecule has 1 aromatic heterocycles. The van der Waals surface area contributed by atoms with Crippen LogP contribution in [0.1, 0.15) is 34.0 Å². The van der Waals surface area contributed by atoms with Crippen molar-refractivity contribution in [2.75, 3.05) is 5.32 Å². The van der Waals surface area contributed by atoms with Gasteiger partial charge in [0.15, 0.2) is 0 Å². The third-order valence-corrected chi connectivity index (χ3v) is 5.10. The molecule has 3 aromatic rings. The molecule has 144 valence electrons. The lowest BCUT2D eigenvalue weighted by Gasteiger charge is -2.23. The molecule has 6 nitrogen and oxygen atoms in total. The van der Waals surface area contributed by atoms with Crippen molar-refractivity contribution >= 4 is 23.2 Å². The van der Waals surface area contributed by atoms with E-state index in [1.165, 1.54) is 0 Å². The predicted octanol–water partition coefficient (Wildman–Crippen LogP) is 3.60. The highest BCUT2D eigenvalue weighted by Crippen LogP contribution is 2.16. The fourth-order valence-electron chi connectivity index (χ4n) is 3.43. The summed E-state index contributed by atoms with van der Waals surface area (Å²) in [5, 5.41) is 11.6. The van der Waals surface area contributed by atoms with Crippen LogP contribution in [0.3, 0.4) is 0 Å². The van der Waals surface area contributed by atoms with Crippen LogP contribution >= 0.6 is 11.6 Å². The van der Waals surface area contributed by atoms with E-state index < -0.39 is 0 Å². The van der Waals surface area contributed by atoms with Crippen LogP contribution in [0.25, 0.3) is 0 Å². The Labute approximate surface area is 168 Å². The Bertz CT molecular complexity index is 983. The Morgan fingerprint density at radius 2 is 2.07 bits per heavy atom. The normalized spacial score (nSPS) is 15.9. The molecule has 28 heavy (non-hydrogen) atoms. The van der Waals surface area contributed by atoms with Crippen LogP contribution in [0.5, 0.6) is 0 Å². The third kappa shape index (κ3) is 4.40. The average molecular weight is 396 g/mol. The van der Waals surface area contributed by atoms with Crippen LogP contribution < -0.4 is 10.6 Å². The number of amides is 1. The van der Waals surface area contributed by atoms with Crippen molar-refractivity contribution in [3.63, 3.8) is 0 Å². The summed E-state index contributed by atoms with van der Waals surface area (Å²) < 4.78 is 2.00. The van der Waals surface area contributed by atoms with Crippen molar-refractivity contribution in [2.45, 2.75) is 38.9 Å². The molecule has 0 spiro atoms. The molecule has 1 amide bonds. The van der Waals surface area contributed by atoms with Gasteiger partial charge < -0.3 is 10.6 Å². The molecule has 0 radical (unpaired) electrons. The molecular weight excluding hydrogens is 374 g/mol. The van der Waals surface area contributed by atoms with E-state index in [9.17, 15) is 4.79 Å². The Kier molecular flexibility index (Phi) is 5.41. The molecule has 0 fully saturated rings. The lowest BCUT2D eigenvalue weighted by Crippen LogP contribution is -2.37. The van der Waals surface area contributed by atoms with Gasteiger partial charge in [-0.2, -0.15) is 5.10 Å². The number of hydrogen-bond donors (Lipinski definition) is 2. The van der Waals surface area contributed by atoms with E-state index in [1.54, 1.807) is 24.3 Å². The maximum atomic E-state index is 12.4. The van der Waals surface area contributed by atoms with E-state index in [2.05, 4.69) is 26.8 Å². The molecule has 1 aliphatic heterocycles. The minimum absolute atomic E-state index is 0.150. The van der Waals surface area contributed by atoms with Gasteiger partial charge in [-0.15, -0.1) is 0 Å². The Morgan fingerprint density at radius 1 is 1.25 bits per heavy atom. The summed E-state index contributed by atoms with van der Waals surface area (Å²) in [7, 11) is 0. The van der Waals surface area contributed by atoms with Crippen molar-refractivity contribution in [1.82, 2.24) is 20.1 Å². The first kappa shape index (κ1) is 18.7. The summed E-state index contributed by atoms with van der Waals surface area (Å²) in [6, 6.07) is 15.1. The molecule has 7 heteroatoms. The van der Waals surface area contributed by atoms with E-state index in [0.29, 0.717) is 16.6 Å². The number of fused-ring (bicyclic) bond motifs is 1. The van der Waals surface area contributed by atoms with Crippen LogP contribution in [0.15, 0.2) is 48.5 Å². The Hall–Kier alpha value is -2.70. The molecular formula is C21H22ClN5O. The second-order valence-electron chi connectivity index (χ2n) is 7.04.